The van der Waals surface area contributed by atoms with E-state index in [9.17, 15) is 4.79 Å². The normalized spacial score (nSPS) is 10.9. The summed E-state index contributed by atoms with van der Waals surface area (Å²) in [5, 5.41) is 0.679. The van der Waals surface area contributed by atoms with Crippen molar-refractivity contribution in [2.24, 2.45) is 0 Å². The third-order valence-electron chi connectivity index (χ3n) is 2.57. The molecular formula is C15H14ClNO3. The van der Waals surface area contributed by atoms with Crippen molar-refractivity contribution in [2.45, 2.75) is 13.8 Å². The van der Waals surface area contributed by atoms with Gasteiger partial charge in [-0.3, -0.25) is 0 Å². The number of aryl methyl sites for hydroxylation is 1. The van der Waals surface area contributed by atoms with E-state index in [2.05, 4.69) is 4.98 Å². The Morgan fingerprint density at radius 3 is 2.70 bits per heavy atom. The Hall–Kier alpha value is -2.07. The summed E-state index contributed by atoms with van der Waals surface area (Å²) in [4.78, 5) is 15.7. The number of ether oxygens (including phenoxy) is 1. The average molecular weight is 292 g/mol. The van der Waals surface area contributed by atoms with Gasteiger partial charge in [0.05, 0.1) is 6.61 Å². The maximum absolute atomic E-state index is 11.6. The number of carbonyl (C=O) groups is 1. The zero-order valence-electron chi connectivity index (χ0n) is 11.2. The molecule has 0 saturated carbocycles. The van der Waals surface area contributed by atoms with Gasteiger partial charge in [-0.25, -0.2) is 9.78 Å². The Balaban J connectivity index is 2.16. The summed E-state index contributed by atoms with van der Waals surface area (Å²) >= 11 is 5.81. The van der Waals surface area contributed by atoms with Gasteiger partial charge in [0.15, 0.2) is 5.69 Å². The third-order valence-corrected chi connectivity index (χ3v) is 2.82. The number of carbonyl (C=O) groups excluding carboxylic acids is 1. The third kappa shape index (κ3) is 3.48. The van der Waals surface area contributed by atoms with Crippen LogP contribution in [0, 0.1) is 6.92 Å². The minimum atomic E-state index is -0.472. The van der Waals surface area contributed by atoms with Crippen molar-refractivity contribution in [1.29, 1.82) is 0 Å². The number of halogens is 1. The molecule has 2 aromatic rings. The molecule has 0 amide bonds. The van der Waals surface area contributed by atoms with Crippen LogP contribution in [-0.4, -0.2) is 17.6 Å². The van der Waals surface area contributed by atoms with E-state index in [-0.39, 0.29) is 5.69 Å². The lowest BCUT2D eigenvalue weighted by molar-refractivity contribution is 0.0518. The Bertz CT molecular complexity index is 629. The standard InChI is InChI=1S/C15H14ClNO3/c1-3-19-15(18)14-10(2)20-13(17-14)9-6-11-4-7-12(16)8-5-11/h4-9H,3H2,1-2H3. The van der Waals surface area contributed by atoms with Crippen molar-refractivity contribution < 1.29 is 13.9 Å². The summed E-state index contributed by atoms with van der Waals surface area (Å²) in [6.45, 7) is 3.73. The van der Waals surface area contributed by atoms with Gasteiger partial charge in [0.1, 0.15) is 5.76 Å². The molecule has 0 saturated heterocycles. The van der Waals surface area contributed by atoms with Gasteiger partial charge < -0.3 is 9.15 Å². The van der Waals surface area contributed by atoms with Gasteiger partial charge in [0.25, 0.3) is 0 Å². The zero-order chi connectivity index (χ0) is 14.5. The zero-order valence-corrected chi connectivity index (χ0v) is 12.0. The first-order valence-corrected chi connectivity index (χ1v) is 6.56. The highest BCUT2D eigenvalue weighted by atomic mass is 35.5. The van der Waals surface area contributed by atoms with Gasteiger partial charge in [-0.05, 0) is 37.6 Å². The Labute approximate surface area is 122 Å². The number of benzene rings is 1. The van der Waals surface area contributed by atoms with Crippen LogP contribution in [0.2, 0.25) is 5.02 Å². The van der Waals surface area contributed by atoms with Crippen LogP contribution in [0.5, 0.6) is 0 Å². The van der Waals surface area contributed by atoms with Crippen molar-refractivity contribution >= 4 is 29.7 Å². The molecule has 0 bridgehead atoms. The van der Waals surface area contributed by atoms with E-state index < -0.39 is 5.97 Å². The predicted molar refractivity (Wildman–Crippen MR) is 77.6 cm³/mol. The molecule has 0 aliphatic carbocycles. The average Bonchev–Trinajstić information content (AvgIpc) is 2.80. The van der Waals surface area contributed by atoms with Crippen LogP contribution in [0.4, 0.5) is 0 Å². The quantitative estimate of drug-likeness (QED) is 0.799. The van der Waals surface area contributed by atoms with Crippen molar-refractivity contribution in [3.05, 3.63) is 52.2 Å². The molecule has 1 aromatic heterocycles. The number of rotatable bonds is 4. The van der Waals surface area contributed by atoms with E-state index in [0.29, 0.717) is 23.3 Å². The minimum absolute atomic E-state index is 0.211. The smallest absolute Gasteiger partial charge is 0.360 e. The molecule has 0 aliphatic rings. The van der Waals surface area contributed by atoms with Crippen LogP contribution in [-0.2, 0) is 4.74 Å². The van der Waals surface area contributed by atoms with Crippen LogP contribution in [0.1, 0.15) is 34.6 Å². The van der Waals surface area contributed by atoms with Gasteiger partial charge >= 0.3 is 5.97 Å². The summed E-state index contributed by atoms with van der Waals surface area (Å²) in [7, 11) is 0. The second-order valence-electron chi connectivity index (χ2n) is 4.06. The molecular weight excluding hydrogens is 278 g/mol. The maximum Gasteiger partial charge on any atom is 0.360 e. The lowest BCUT2D eigenvalue weighted by Gasteiger charge is -1.96. The fourth-order valence-electron chi connectivity index (χ4n) is 1.62. The minimum Gasteiger partial charge on any atom is -0.461 e. The van der Waals surface area contributed by atoms with E-state index >= 15 is 0 Å². The molecule has 104 valence electrons. The molecule has 0 atom stereocenters. The highest BCUT2D eigenvalue weighted by Crippen LogP contribution is 2.15. The van der Waals surface area contributed by atoms with Gasteiger partial charge in [0.2, 0.25) is 5.89 Å². The van der Waals surface area contributed by atoms with Crippen molar-refractivity contribution in [3.8, 4) is 0 Å². The van der Waals surface area contributed by atoms with E-state index in [4.69, 9.17) is 20.8 Å². The SMILES string of the molecule is CCOC(=O)c1nc(C=Cc2ccc(Cl)cc2)oc1C. The number of esters is 1. The number of oxazole rings is 1. The molecule has 0 unspecified atom stereocenters. The fourth-order valence-corrected chi connectivity index (χ4v) is 1.74. The number of nitrogens with zero attached hydrogens (tertiary/aromatic N) is 1. The first kappa shape index (κ1) is 14.3. The van der Waals surface area contributed by atoms with Crippen LogP contribution in [0.25, 0.3) is 12.2 Å². The van der Waals surface area contributed by atoms with E-state index in [1.165, 1.54) is 0 Å². The Kier molecular flexibility index (Phi) is 4.58. The van der Waals surface area contributed by atoms with Crippen LogP contribution >= 0.6 is 11.6 Å². The molecule has 2 rings (SSSR count). The predicted octanol–water partition coefficient (Wildman–Crippen LogP) is 3.98. The van der Waals surface area contributed by atoms with Crippen LogP contribution < -0.4 is 0 Å². The van der Waals surface area contributed by atoms with Gasteiger partial charge in [-0.1, -0.05) is 23.7 Å². The van der Waals surface area contributed by atoms with E-state index in [1.54, 1.807) is 32.1 Å². The molecule has 0 spiro atoms. The van der Waals surface area contributed by atoms with Gasteiger partial charge in [0, 0.05) is 11.1 Å². The summed E-state index contributed by atoms with van der Waals surface area (Å²) < 4.78 is 10.3. The first-order chi connectivity index (χ1) is 9.60. The summed E-state index contributed by atoms with van der Waals surface area (Å²) in [5.41, 5.74) is 1.17. The van der Waals surface area contributed by atoms with Crippen molar-refractivity contribution in [2.75, 3.05) is 6.61 Å². The molecule has 1 aromatic carbocycles. The molecule has 1 heterocycles. The molecule has 20 heavy (non-hydrogen) atoms. The summed E-state index contributed by atoms with van der Waals surface area (Å²) in [5.74, 6) is 0.333. The second-order valence-corrected chi connectivity index (χ2v) is 4.50. The first-order valence-electron chi connectivity index (χ1n) is 6.18. The monoisotopic (exact) mass is 291 g/mol. The topological polar surface area (TPSA) is 52.3 Å². The molecule has 0 aliphatic heterocycles. The molecule has 0 fully saturated rings. The Morgan fingerprint density at radius 1 is 1.35 bits per heavy atom. The molecule has 4 nitrogen and oxygen atoms in total. The van der Waals surface area contributed by atoms with E-state index in [0.717, 1.165) is 5.56 Å². The molecule has 0 radical (unpaired) electrons. The fraction of sp³-hybridized carbons (Fsp3) is 0.200. The lowest BCUT2D eigenvalue weighted by Crippen LogP contribution is -2.06. The number of hydrogen-bond acceptors (Lipinski definition) is 4. The van der Waals surface area contributed by atoms with Crippen LogP contribution in [0.3, 0.4) is 0 Å². The number of hydrogen-bond donors (Lipinski definition) is 0. The highest BCUT2D eigenvalue weighted by Gasteiger charge is 2.16. The summed E-state index contributed by atoms with van der Waals surface area (Å²) in [6, 6.07) is 7.35. The highest BCUT2D eigenvalue weighted by molar-refractivity contribution is 6.30. The number of aromatic nitrogens is 1. The maximum atomic E-state index is 11.6. The second kappa shape index (κ2) is 6.39. The van der Waals surface area contributed by atoms with E-state index in [1.807, 2.05) is 18.2 Å². The molecule has 5 heteroatoms. The van der Waals surface area contributed by atoms with Gasteiger partial charge in [-0.2, -0.15) is 0 Å². The van der Waals surface area contributed by atoms with Crippen molar-refractivity contribution in [1.82, 2.24) is 4.98 Å². The van der Waals surface area contributed by atoms with Crippen molar-refractivity contribution in [3.63, 3.8) is 0 Å². The van der Waals surface area contributed by atoms with Gasteiger partial charge in [-0.15, -0.1) is 0 Å². The largest absolute Gasteiger partial charge is 0.461 e. The summed E-state index contributed by atoms with van der Waals surface area (Å²) in [6.07, 6.45) is 3.52. The van der Waals surface area contributed by atoms with Crippen LogP contribution in [0.15, 0.2) is 28.7 Å². The lowest BCUT2D eigenvalue weighted by atomic mass is 10.2. The molecule has 0 N–H and O–H groups in total. The Morgan fingerprint density at radius 2 is 2.05 bits per heavy atom.